The van der Waals surface area contributed by atoms with Gasteiger partial charge in [-0.05, 0) is 79.8 Å². The molecule has 0 radical (unpaired) electrons. The second-order valence-electron chi connectivity index (χ2n) is 7.99. The molecule has 138 valence electrons. The summed E-state index contributed by atoms with van der Waals surface area (Å²) in [6.45, 7) is 3.35. The van der Waals surface area contributed by atoms with E-state index in [0.717, 1.165) is 50.0 Å². The molecule has 4 rings (SSSR count). The molecule has 2 N–H and O–H groups in total. The van der Waals surface area contributed by atoms with Crippen molar-refractivity contribution in [2.24, 2.45) is 5.92 Å². The van der Waals surface area contributed by atoms with Crippen LogP contribution in [0.2, 0.25) is 0 Å². The lowest BCUT2D eigenvalue weighted by Crippen LogP contribution is -2.36. The molecule has 0 unspecified atom stereocenters. The van der Waals surface area contributed by atoms with Crippen molar-refractivity contribution in [2.75, 3.05) is 19.6 Å². The normalized spacial score (nSPS) is 24.8. The maximum Gasteiger partial charge on any atom is 0.119 e. The van der Waals surface area contributed by atoms with Gasteiger partial charge in [-0.2, -0.15) is 0 Å². The minimum Gasteiger partial charge on any atom is -0.508 e. The van der Waals surface area contributed by atoms with Gasteiger partial charge in [0.15, 0.2) is 0 Å². The van der Waals surface area contributed by atoms with Crippen LogP contribution in [0.25, 0.3) is 0 Å². The van der Waals surface area contributed by atoms with E-state index in [0.29, 0.717) is 17.6 Å². The summed E-state index contributed by atoms with van der Waals surface area (Å²) in [4.78, 5) is 2.58. The maximum absolute atomic E-state index is 10.6. The number of aromatic hydroxyl groups is 1. The number of benzene rings is 2. The molecule has 1 aliphatic heterocycles. The van der Waals surface area contributed by atoms with Gasteiger partial charge < -0.3 is 15.1 Å². The van der Waals surface area contributed by atoms with Gasteiger partial charge in [0.2, 0.25) is 0 Å². The third-order valence-electron chi connectivity index (χ3n) is 6.28. The fraction of sp³-hybridized carbons (Fsp3) is 0.478. The van der Waals surface area contributed by atoms with Crippen molar-refractivity contribution in [1.29, 1.82) is 0 Å². The van der Waals surface area contributed by atoms with Crippen LogP contribution in [0.4, 0.5) is 0 Å². The van der Waals surface area contributed by atoms with Crippen molar-refractivity contribution >= 4 is 0 Å². The monoisotopic (exact) mass is 351 g/mol. The second-order valence-corrected chi connectivity index (χ2v) is 7.99. The first-order valence-electron chi connectivity index (χ1n) is 9.97. The quantitative estimate of drug-likeness (QED) is 0.812. The van der Waals surface area contributed by atoms with Gasteiger partial charge in [-0.25, -0.2) is 0 Å². The van der Waals surface area contributed by atoms with E-state index >= 15 is 0 Å². The number of fused-ring (bicyclic) bond motifs is 1. The van der Waals surface area contributed by atoms with Gasteiger partial charge in [0.1, 0.15) is 5.75 Å². The summed E-state index contributed by atoms with van der Waals surface area (Å²) in [5.41, 5.74) is 3.35. The van der Waals surface area contributed by atoms with E-state index < -0.39 is 6.10 Å². The first-order valence-corrected chi connectivity index (χ1v) is 9.97. The summed E-state index contributed by atoms with van der Waals surface area (Å²) in [5, 5.41) is 20.7. The lowest BCUT2D eigenvalue weighted by Gasteiger charge is -2.34. The minimum atomic E-state index is -0.452. The molecular weight excluding hydrogens is 322 g/mol. The number of hydrogen-bond donors (Lipinski definition) is 2. The van der Waals surface area contributed by atoms with Gasteiger partial charge in [0.05, 0.1) is 6.10 Å². The molecule has 1 aliphatic carbocycles. The van der Waals surface area contributed by atoms with E-state index in [4.69, 9.17) is 0 Å². The molecule has 2 aromatic rings. The first kappa shape index (κ1) is 17.6. The van der Waals surface area contributed by atoms with Crippen LogP contribution in [0.5, 0.6) is 5.75 Å². The minimum absolute atomic E-state index is 0.339. The number of aliphatic hydroxyl groups is 1. The fourth-order valence-electron chi connectivity index (χ4n) is 4.79. The summed E-state index contributed by atoms with van der Waals surface area (Å²) < 4.78 is 0. The van der Waals surface area contributed by atoms with E-state index in [1.165, 1.54) is 18.4 Å². The SMILES string of the molecule is Oc1cccc2c1CC[C@@H](CN1CCC(c3ccccc3)CC1)C[C@H]2O. The predicted molar refractivity (Wildman–Crippen MR) is 104 cm³/mol. The van der Waals surface area contributed by atoms with E-state index in [-0.39, 0.29) is 0 Å². The number of phenolic OH excluding ortho intramolecular Hbond substituents is 1. The van der Waals surface area contributed by atoms with Crippen LogP contribution in [0, 0.1) is 5.92 Å². The molecular formula is C23H29NO2. The van der Waals surface area contributed by atoms with Gasteiger partial charge in [-0.15, -0.1) is 0 Å². The molecule has 2 aliphatic rings. The summed E-state index contributed by atoms with van der Waals surface area (Å²) in [7, 11) is 0. The summed E-state index contributed by atoms with van der Waals surface area (Å²) >= 11 is 0. The topological polar surface area (TPSA) is 43.7 Å². The number of phenols is 1. The standard InChI is InChI=1S/C23H29NO2/c25-22-8-4-7-20-21(22)10-9-17(15-23(20)26)16-24-13-11-19(12-14-24)18-5-2-1-3-6-18/h1-8,17,19,23,25-26H,9-16H2/t17-,23-/m1/s1. The Bertz CT molecular complexity index is 722. The fourth-order valence-corrected chi connectivity index (χ4v) is 4.79. The molecule has 1 heterocycles. The van der Waals surface area contributed by atoms with Gasteiger partial charge in [-0.3, -0.25) is 0 Å². The molecule has 0 saturated carbocycles. The molecule has 1 saturated heterocycles. The largest absolute Gasteiger partial charge is 0.508 e. The van der Waals surface area contributed by atoms with Crippen LogP contribution in [-0.2, 0) is 6.42 Å². The van der Waals surface area contributed by atoms with E-state index in [9.17, 15) is 10.2 Å². The molecule has 26 heavy (non-hydrogen) atoms. The number of nitrogens with zero attached hydrogens (tertiary/aromatic N) is 1. The zero-order valence-corrected chi connectivity index (χ0v) is 15.3. The maximum atomic E-state index is 10.6. The van der Waals surface area contributed by atoms with Gasteiger partial charge in [0, 0.05) is 6.54 Å². The number of hydrogen-bond acceptors (Lipinski definition) is 3. The van der Waals surface area contributed by atoms with Gasteiger partial charge in [-0.1, -0.05) is 42.5 Å². The molecule has 0 bridgehead atoms. The van der Waals surface area contributed by atoms with Crippen molar-refractivity contribution in [3.63, 3.8) is 0 Å². The molecule has 3 heteroatoms. The van der Waals surface area contributed by atoms with E-state index in [2.05, 4.69) is 35.2 Å². The van der Waals surface area contributed by atoms with Gasteiger partial charge >= 0.3 is 0 Å². The Balaban J connectivity index is 1.34. The Morgan fingerprint density at radius 2 is 1.69 bits per heavy atom. The lowest BCUT2D eigenvalue weighted by atomic mass is 9.88. The summed E-state index contributed by atoms with van der Waals surface area (Å²) in [5.74, 6) is 1.52. The van der Waals surface area contributed by atoms with E-state index in [1.54, 1.807) is 6.07 Å². The van der Waals surface area contributed by atoms with Crippen LogP contribution >= 0.6 is 0 Å². The van der Waals surface area contributed by atoms with Crippen molar-refractivity contribution in [3.05, 3.63) is 65.2 Å². The van der Waals surface area contributed by atoms with Crippen LogP contribution in [0.15, 0.2) is 48.5 Å². The average molecular weight is 351 g/mol. The highest BCUT2D eigenvalue weighted by atomic mass is 16.3. The Morgan fingerprint density at radius 3 is 2.46 bits per heavy atom. The number of likely N-dealkylation sites (tertiary alicyclic amines) is 1. The highest BCUT2D eigenvalue weighted by molar-refractivity contribution is 5.41. The third kappa shape index (κ3) is 3.79. The lowest BCUT2D eigenvalue weighted by molar-refractivity contribution is 0.117. The first-order chi connectivity index (χ1) is 12.7. The number of piperidine rings is 1. The van der Waals surface area contributed by atoms with E-state index in [1.807, 2.05) is 12.1 Å². The zero-order chi connectivity index (χ0) is 17.9. The molecule has 0 spiro atoms. The zero-order valence-electron chi connectivity index (χ0n) is 15.3. The Hall–Kier alpha value is -1.84. The van der Waals surface area contributed by atoms with Crippen LogP contribution < -0.4 is 0 Å². The molecule has 2 aromatic carbocycles. The van der Waals surface area contributed by atoms with Crippen LogP contribution in [-0.4, -0.2) is 34.7 Å². The second kappa shape index (κ2) is 7.81. The highest BCUT2D eigenvalue weighted by Gasteiger charge is 2.28. The Kier molecular flexibility index (Phi) is 5.28. The van der Waals surface area contributed by atoms with Crippen LogP contribution in [0.1, 0.15) is 54.4 Å². The van der Waals surface area contributed by atoms with Crippen molar-refractivity contribution in [3.8, 4) is 5.75 Å². The summed E-state index contributed by atoms with van der Waals surface area (Å²) in [6, 6.07) is 16.4. The smallest absolute Gasteiger partial charge is 0.119 e. The van der Waals surface area contributed by atoms with Crippen molar-refractivity contribution < 1.29 is 10.2 Å². The molecule has 0 amide bonds. The van der Waals surface area contributed by atoms with Crippen molar-refractivity contribution in [1.82, 2.24) is 4.90 Å². The predicted octanol–water partition coefficient (Wildman–Crippen LogP) is 4.26. The molecule has 1 fully saturated rings. The summed E-state index contributed by atoms with van der Waals surface area (Å²) in [6.07, 6.45) is 4.70. The van der Waals surface area contributed by atoms with Crippen molar-refractivity contribution in [2.45, 2.75) is 44.1 Å². The Morgan fingerprint density at radius 1 is 0.923 bits per heavy atom. The Labute approximate surface area is 156 Å². The number of rotatable bonds is 3. The number of aliphatic hydroxyl groups excluding tert-OH is 1. The van der Waals surface area contributed by atoms with Gasteiger partial charge in [0.25, 0.3) is 0 Å². The third-order valence-corrected chi connectivity index (χ3v) is 6.28. The molecule has 0 aromatic heterocycles. The molecule has 2 atom stereocenters. The highest BCUT2D eigenvalue weighted by Crippen LogP contribution is 2.37. The molecule has 3 nitrogen and oxygen atoms in total. The van der Waals surface area contributed by atoms with Crippen LogP contribution in [0.3, 0.4) is 0 Å². The average Bonchev–Trinajstić information content (AvgIpc) is 2.83.